The van der Waals surface area contributed by atoms with Crippen molar-refractivity contribution in [3.05, 3.63) is 65.6 Å². The molecule has 72 valence electrons. The fourth-order valence-electron chi connectivity index (χ4n) is 1.85. The third-order valence-corrected chi connectivity index (χ3v) is 2.52. The van der Waals surface area contributed by atoms with Crippen molar-refractivity contribution in [1.82, 2.24) is 0 Å². The van der Waals surface area contributed by atoms with Gasteiger partial charge in [-0.05, 0) is 46.5 Å². The highest BCUT2D eigenvalue weighted by atomic mass is 19.1. The summed E-state index contributed by atoms with van der Waals surface area (Å²) in [6.07, 6.45) is 2.98. The lowest BCUT2D eigenvalue weighted by Crippen LogP contribution is -1.79. The minimum absolute atomic E-state index is 0.297. The van der Waals surface area contributed by atoms with Crippen LogP contribution in [0.2, 0.25) is 0 Å². The van der Waals surface area contributed by atoms with E-state index in [9.17, 15) is 8.78 Å². The highest BCUT2D eigenvalue weighted by molar-refractivity contribution is 5.80. The van der Waals surface area contributed by atoms with E-state index in [2.05, 4.69) is 6.42 Å². The minimum atomic E-state index is -0.297. The van der Waals surface area contributed by atoms with Crippen molar-refractivity contribution in [2.45, 2.75) is 0 Å². The van der Waals surface area contributed by atoms with Crippen LogP contribution in [-0.2, 0) is 0 Å². The fourth-order valence-corrected chi connectivity index (χ4v) is 1.85. The number of halogens is 2. The van der Waals surface area contributed by atoms with Crippen molar-refractivity contribution in [3.63, 3.8) is 0 Å². The molecule has 0 N–H and O–H groups in total. The second kappa shape index (κ2) is 2.89. The molecule has 0 aromatic heterocycles. The summed E-state index contributed by atoms with van der Waals surface area (Å²) < 4.78 is 25.9. The van der Waals surface area contributed by atoms with Crippen LogP contribution in [0, 0.1) is 18.1 Å². The number of rotatable bonds is 0. The highest BCUT2D eigenvalue weighted by Gasteiger charge is 2.19. The first-order chi connectivity index (χ1) is 7.24. The summed E-state index contributed by atoms with van der Waals surface area (Å²) in [7, 11) is 0. The van der Waals surface area contributed by atoms with Crippen molar-refractivity contribution >= 4 is 0 Å². The molecule has 0 amide bonds. The van der Waals surface area contributed by atoms with Gasteiger partial charge in [0.2, 0.25) is 0 Å². The largest absolute Gasteiger partial charge is 0.207 e. The lowest BCUT2D eigenvalue weighted by atomic mass is 10.1. The van der Waals surface area contributed by atoms with Gasteiger partial charge in [-0.25, -0.2) is 8.78 Å². The minimum Gasteiger partial charge on any atom is -0.207 e. The zero-order valence-electron chi connectivity index (χ0n) is 7.72. The predicted octanol–water partition coefficient (Wildman–Crippen LogP) is 3.42. The van der Waals surface area contributed by atoms with Gasteiger partial charge in [0.25, 0.3) is 0 Å². The molecule has 0 unspecified atom stereocenters. The molecule has 2 aromatic carbocycles. The highest BCUT2D eigenvalue weighted by Crippen LogP contribution is 2.38. The van der Waals surface area contributed by atoms with E-state index < -0.39 is 0 Å². The molecule has 0 aliphatic heterocycles. The quantitative estimate of drug-likeness (QED) is 0.521. The van der Waals surface area contributed by atoms with E-state index in [1.54, 1.807) is 12.1 Å². The van der Waals surface area contributed by atoms with Gasteiger partial charge in [-0.15, -0.1) is 0 Å². The number of hydrogen-bond acceptors (Lipinski definition) is 0. The SMILES string of the molecule is Fc1ccc2c(c1)[C]c1cc(F)ccc1-2. The lowest BCUT2D eigenvalue weighted by Gasteiger charge is -1.99. The molecule has 15 heavy (non-hydrogen) atoms. The van der Waals surface area contributed by atoms with Crippen molar-refractivity contribution in [2.24, 2.45) is 0 Å². The molecule has 3 rings (SSSR count). The Labute approximate surface area is 86.2 Å². The predicted molar refractivity (Wildman–Crippen MR) is 53.2 cm³/mol. The van der Waals surface area contributed by atoms with Crippen LogP contribution < -0.4 is 0 Å². The van der Waals surface area contributed by atoms with Crippen molar-refractivity contribution in [3.8, 4) is 11.1 Å². The summed E-state index contributed by atoms with van der Waals surface area (Å²) in [5.74, 6) is -0.593. The van der Waals surface area contributed by atoms with Gasteiger partial charge in [0.1, 0.15) is 11.6 Å². The molecular formula is C13H6F2. The van der Waals surface area contributed by atoms with Gasteiger partial charge < -0.3 is 0 Å². The van der Waals surface area contributed by atoms with E-state index in [1.165, 1.54) is 24.3 Å². The van der Waals surface area contributed by atoms with Crippen LogP contribution >= 0.6 is 0 Å². The van der Waals surface area contributed by atoms with Gasteiger partial charge in [0.15, 0.2) is 0 Å². The molecule has 1 aliphatic rings. The molecule has 0 nitrogen and oxygen atoms in total. The molecule has 0 fully saturated rings. The molecule has 1 aliphatic carbocycles. The first-order valence-electron chi connectivity index (χ1n) is 4.60. The Bertz CT molecular complexity index is 495. The summed E-state index contributed by atoms with van der Waals surface area (Å²) in [4.78, 5) is 0. The van der Waals surface area contributed by atoms with Gasteiger partial charge >= 0.3 is 0 Å². The maximum atomic E-state index is 13.0. The first-order valence-corrected chi connectivity index (χ1v) is 4.60. The van der Waals surface area contributed by atoms with Gasteiger partial charge in [-0.3, -0.25) is 0 Å². The number of fused-ring (bicyclic) bond motifs is 3. The summed E-state index contributed by atoms with van der Waals surface area (Å²) >= 11 is 0. The van der Waals surface area contributed by atoms with E-state index in [4.69, 9.17) is 0 Å². The first kappa shape index (κ1) is 8.60. The Morgan fingerprint density at radius 3 is 1.67 bits per heavy atom. The van der Waals surface area contributed by atoms with Crippen LogP contribution in [-0.4, -0.2) is 0 Å². The van der Waals surface area contributed by atoms with E-state index in [0.717, 1.165) is 11.1 Å². The Kier molecular flexibility index (Phi) is 1.66. The smallest absolute Gasteiger partial charge is 0.123 e. The van der Waals surface area contributed by atoms with Crippen LogP contribution in [0.5, 0.6) is 0 Å². The molecular weight excluding hydrogens is 194 g/mol. The van der Waals surface area contributed by atoms with Gasteiger partial charge in [-0.1, -0.05) is 12.1 Å². The Morgan fingerprint density at radius 2 is 1.20 bits per heavy atom. The molecule has 0 heterocycles. The van der Waals surface area contributed by atoms with Crippen LogP contribution in [0.25, 0.3) is 11.1 Å². The lowest BCUT2D eigenvalue weighted by molar-refractivity contribution is 0.627. The average Bonchev–Trinajstić information content (AvgIpc) is 2.53. The Hall–Kier alpha value is -1.70. The van der Waals surface area contributed by atoms with Crippen LogP contribution in [0.3, 0.4) is 0 Å². The topological polar surface area (TPSA) is 0 Å². The zero-order valence-corrected chi connectivity index (χ0v) is 7.72. The van der Waals surface area contributed by atoms with E-state index in [-0.39, 0.29) is 11.6 Å². The molecule has 2 heteroatoms. The molecule has 0 saturated heterocycles. The molecule has 0 bridgehead atoms. The Balaban J connectivity index is 2.24. The van der Waals surface area contributed by atoms with Crippen molar-refractivity contribution in [2.75, 3.05) is 0 Å². The summed E-state index contributed by atoms with van der Waals surface area (Å²) in [6.45, 7) is 0. The van der Waals surface area contributed by atoms with Crippen LogP contribution in [0.15, 0.2) is 36.4 Å². The third-order valence-electron chi connectivity index (χ3n) is 2.52. The fraction of sp³-hybridized carbons (Fsp3) is 0. The molecule has 0 saturated carbocycles. The van der Waals surface area contributed by atoms with Crippen molar-refractivity contribution < 1.29 is 8.78 Å². The average molecular weight is 200 g/mol. The van der Waals surface area contributed by atoms with E-state index >= 15 is 0 Å². The molecule has 0 spiro atoms. The van der Waals surface area contributed by atoms with E-state index in [1.807, 2.05) is 0 Å². The van der Waals surface area contributed by atoms with Crippen LogP contribution in [0.4, 0.5) is 8.78 Å². The number of hydrogen-bond donors (Lipinski definition) is 0. The summed E-state index contributed by atoms with van der Waals surface area (Å²) in [5.41, 5.74) is 3.20. The second-order valence-electron chi connectivity index (χ2n) is 3.50. The third kappa shape index (κ3) is 1.25. The van der Waals surface area contributed by atoms with Gasteiger partial charge in [-0.2, -0.15) is 0 Å². The Morgan fingerprint density at radius 1 is 0.733 bits per heavy atom. The van der Waals surface area contributed by atoms with Gasteiger partial charge in [0.05, 0.1) is 6.42 Å². The maximum Gasteiger partial charge on any atom is 0.123 e. The second-order valence-corrected chi connectivity index (χ2v) is 3.50. The normalized spacial score (nSPS) is 12.4. The van der Waals surface area contributed by atoms with Gasteiger partial charge in [0, 0.05) is 0 Å². The molecule has 0 atom stereocenters. The van der Waals surface area contributed by atoms with Crippen LogP contribution in [0.1, 0.15) is 11.1 Å². The summed E-state index contributed by atoms with van der Waals surface area (Å²) in [5, 5.41) is 0. The maximum absolute atomic E-state index is 13.0. The molecule has 2 aromatic rings. The number of benzene rings is 2. The monoisotopic (exact) mass is 200 g/mol. The standard InChI is InChI=1S/C13H6F2/c14-10-1-3-12-8(6-10)5-9-7-11(15)2-4-13(9)12/h1-4,6-7H. The van der Waals surface area contributed by atoms with Crippen molar-refractivity contribution in [1.29, 1.82) is 0 Å². The zero-order chi connectivity index (χ0) is 10.4. The van der Waals surface area contributed by atoms with E-state index in [0.29, 0.717) is 11.1 Å². The summed E-state index contributed by atoms with van der Waals surface area (Å²) in [6, 6.07) is 9.02. The molecule has 2 radical (unpaired) electrons.